The third kappa shape index (κ3) is 2.39. The molecular weight excluding hydrogens is 322 g/mol. The van der Waals surface area contributed by atoms with E-state index in [0.29, 0.717) is 31.2 Å². The Bertz CT molecular complexity index is 795. The summed E-state index contributed by atoms with van der Waals surface area (Å²) in [5, 5.41) is 8.60. The highest BCUT2D eigenvalue weighted by atomic mass is 32.2. The molecular formula is C19H21NO3S. The summed E-state index contributed by atoms with van der Waals surface area (Å²) in [6.45, 7) is 0. The van der Waals surface area contributed by atoms with E-state index in [1.807, 2.05) is 24.3 Å². The second-order valence-electron chi connectivity index (χ2n) is 7.57. The maximum atomic E-state index is 12.8. The molecule has 0 radical (unpaired) electrons. The number of nitriles is 1. The predicted octanol–water partition coefficient (Wildman–Crippen LogP) is 3.17. The summed E-state index contributed by atoms with van der Waals surface area (Å²) < 4.78 is 24.7. The average Bonchev–Trinajstić information content (AvgIpc) is 3.34. The standard InChI is InChI=1S/C19H21NO3S/c20-12-19(8-9-19)15-6-4-13(5-7-15)18(21)14-10-16-2-1-3-17(11-14)24(16,22)23/h4-7,14,16-17H,1-3,8-11H2. The van der Waals surface area contributed by atoms with Gasteiger partial charge in [-0.05, 0) is 44.1 Å². The minimum Gasteiger partial charge on any atom is -0.294 e. The number of benzene rings is 1. The van der Waals surface area contributed by atoms with Crippen molar-refractivity contribution in [3.63, 3.8) is 0 Å². The molecule has 2 heterocycles. The molecule has 24 heavy (non-hydrogen) atoms. The molecule has 0 N–H and O–H groups in total. The average molecular weight is 343 g/mol. The van der Waals surface area contributed by atoms with Crippen LogP contribution in [0.25, 0.3) is 0 Å². The first-order valence-corrected chi connectivity index (χ1v) is 10.4. The second kappa shape index (κ2) is 5.42. The normalized spacial score (nSPS) is 32.5. The van der Waals surface area contributed by atoms with E-state index in [1.54, 1.807) is 0 Å². The number of rotatable bonds is 3. The SMILES string of the molecule is N#CC1(c2ccc(C(=O)C3CC4CCCC(C3)S4(=O)=O)cc2)CC1. The molecule has 2 aliphatic heterocycles. The predicted molar refractivity (Wildman–Crippen MR) is 90.4 cm³/mol. The van der Waals surface area contributed by atoms with Crippen LogP contribution in [0.2, 0.25) is 0 Å². The molecule has 5 heteroatoms. The Morgan fingerprint density at radius 3 is 2.17 bits per heavy atom. The number of sulfone groups is 1. The lowest BCUT2D eigenvalue weighted by Crippen LogP contribution is -2.45. The van der Waals surface area contributed by atoms with Crippen molar-refractivity contribution >= 4 is 15.6 Å². The number of nitrogens with zero attached hydrogens (tertiary/aromatic N) is 1. The highest BCUT2D eigenvalue weighted by Crippen LogP contribution is 2.47. The van der Waals surface area contributed by atoms with E-state index in [-0.39, 0.29) is 27.6 Å². The molecule has 4 rings (SSSR count). The molecule has 2 atom stereocenters. The van der Waals surface area contributed by atoms with Crippen LogP contribution in [-0.4, -0.2) is 24.7 Å². The van der Waals surface area contributed by atoms with Crippen LogP contribution in [0.3, 0.4) is 0 Å². The Balaban J connectivity index is 1.53. The van der Waals surface area contributed by atoms with Gasteiger partial charge in [0, 0.05) is 11.5 Å². The van der Waals surface area contributed by atoms with Crippen molar-refractivity contribution in [1.82, 2.24) is 0 Å². The van der Waals surface area contributed by atoms with Gasteiger partial charge >= 0.3 is 0 Å². The van der Waals surface area contributed by atoms with Gasteiger partial charge in [-0.25, -0.2) is 8.42 Å². The molecule has 1 aromatic rings. The summed E-state index contributed by atoms with van der Waals surface area (Å²) in [5.74, 6) is -0.115. The monoisotopic (exact) mass is 343 g/mol. The van der Waals surface area contributed by atoms with Crippen molar-refractivity contribution < 1.29 is 13.2 Å². The zero-order valence-electron chi connectivity index (χ0n) is 13.6. The number of Topliss-reactive ketones (excluding diaryl/α,β-unsaturated/α-hetero) is 1. The van der Waals surface area contributed by atoms with E-state index in [0.717, 1.165) is 24.8 Å². The largest absolute Gasteiger partial charge is 0.294 e. The van der Waals surface area contributed by atoms with Gasteiger partial charge in [0.25, 0.3) is 0 Å². The van der Waals surface area contributed by atoms with E-state index in [9.17, 15) is 18.5 Å². The molecule has 2 saturated heterocycles. The van der Waals surface area contributed by atoms with Crippen molar-refractivity contribution in [1.29, 1.82) is 5.26 Å². The van der Waals surface area contributed by atoms with Crippen LogP contribution in [0.5, 0.6) is 0 Å². The van der Waals surface area contributed by atoms with Crippen LogP contribution in [0.15, 0.2) is 24.3 Å². The van der Waals surface area contributed by atoms with Gasteiger partial charge in [0.1, 0.15) is 0 Å². The van der Waals surface area contributed by atoms with Crippen LogP contribution in [0, 0.1) is 17.2 Å². The number of hydrogen-bond donors (Lipinski definition) is 0. The van der Waals surface area contributed by atoms with Gasteiger partial charge in [-0.3, -0.25) is 4.79 Å². The number of fused-ring (bicyclic) bond motifs is 2. The van der Waals surface area contributed by atoms with Gasteiger partial charge in [0.2, 0.25) is 0 Å². The number of carbonyl (C=O) groups is 1. The Hall–Kier alpha value is -1.67. The Labute approximate surface area is 142 Å². The van der Waals surface area contributed by atoms with E-state index < -0.39 is 9.84 Å². The van der Waals surface area contributed by atoms with Crippen molar-refractivity contribution in [2.45, 2.75) is 60.9 Å². The maximum absolute atomic E-state index is 12.8. The molecule has 126 valence electrons. The highest BCUT2D eigenvalue weighted by Gasteiger charge is 2.47. The first-order valence-electron chi connectivity index (χ1n) is 8.75. The first kappa shape index (κ1) is 15.8. The van der Waals surface area contributed by atoms with Crippen LogP contribution in [0.4, 0.5) is 0 Å². The molecule has 0 spiro atoms. The highest BCUT2D eigenvalue weighted by molar-refractivity contribution is 7.92. The molecule has 2 unspecified atom stereocenters. The third-order valence-electron chi connectivity index (χ3n) is 6.13. The second-order valence-corrected chi connectivity index (χ2v) is 10.1. The minimum absolute atomic E-state index is 0.0650. The molecule has 3 fully saturated rings. The zero-order chi connectivity index (χ0) is 16.9. The van der Waals surface area contributed by atoms with E-state index in [1.165, 1.54) is 0 Å². The van der Waals surface area contributed by atoms with Crippen molar-refractivity contribution in [3.05, 3.63) is 35.4 Å². The summed E-state index contributed by atoms with van der Waals surface area (Å²) in [7, 11) is -3.02. The molecule has 0 amide bonds. The van der Waals surface area contributed by atoms with Crippen molar-refractivity contribution in [3.8, 4) is 6.07 Å². The Morgan fingerprint density at radius 2 is 1.67 bits per heavy atom. The molecule has 1 saturated carbocycles. The zero-order valence-corrected chi connectivity index (χ0v) is 14.4. The maximum Gasteiger partial charge on any atom is 0.166 e. The molecule has 2 bridgehead atoms. The fourth-order valence-electron chi connectivity index (χ4n) is 4.40. The van der Waals surface area contributed by atoms with Crippen LogP contribution in [0.1, 0.15) is 60.9 Å². The molecule has 1 aromatic carbocycles. The quantitative estimate of drug-likeness (QED) is 0.790. The molecule has 4 nitrogen and oxygen atoms in total. The molecule has 3 aliphatic rings. The van der Waals surface area contributed by atoms with Crippen LogP contribution in [-0.2, 0) is 15.3 Å². The third-order valence-corrected chi connectivity index (χ3v) is 8.85. The lowest BCUT2D eigenvalue weighted by Gasteiger charge is -2.38. The van der Waals surface area contributed by atoms with Crippen molar-refractivity contribution in [2.24, 2.45) is 5.92 Å². The Morgan fingerprint density at radius 1 is 1.08 bits per heavy atom. The van der Waals surface area contributed by atoms with Gasteiger partial charge in [-0.15, -0.1) is 0 Å². The number of hydrogen-bond acceptors (Lipinski definition) is 4. The Kier molecular flexibility index (Phi) is 3.58. The van der Waals surface area contributed by atoms with E-state index in [4.69, 9.17) is 0 Å². The molecule has 1 aliphatic carbocycles. The lowest BCUT2D eigenvalue weighted by atomic mass is 9.84. The summed E-state index contributed by atoms with van der Waals surface area (Å²) in [4.78, 5) is 12.8. The summed E-state index contributed by atoms with van der Waals surface area (Å²) >= 11 is 0. The topological polar surface area (TPSA) is 75.0 Å². The van der Waals surface area contributed by atoms with Gasteiger partial charge in [0.05, 0.1) is 22.0 Å². The van der Waals surface area contributed by atoms with Crippen LogP contribution >= 0.6 is 0 Å². The number of carbonyl (C=O) groups excluding carboxylic acids is 1. The summed E-state index contributed by atoms with van der Waals surface area (Å²) in [6, 6.07) is 9.78. The van der Waals surface area contributed by atoms with E-state index >= 15 is 0 Å². The van der Waals surface area contributed by atoms with Gasteiger partial charge in [-0.2, -0.15) is 5.26 Å². The molecule has 0 aromatic heterocycles. The first-order chi connectivity index (χ1) is 11.5. The summed E-state index contributed by atoms with van der Waals surface area (Å²) in [5.41, 5.74) is 1.30. The van der Waals surface area contributed by atoms with Gasteiger partial charge in [0.15, 0.2) is 15.6 Å². The summed E-state index contributed by atoms with van der Waals surface area (Å²) in [6.07, 6.45) is 5.09. The fourth-order valence-corrected chi connectivity index (χ4v) is 6.94. The lowest BCUT2D eigenvalue weighted by molar-refractivity contribution is 0.0894. The minimum atomic E-state index is -3.02. The smallest absolute Gasteiger partial charge is 0.166 e. The van der Waals surface area contributed by atoms with Gasteiger partial charge in [-0.1, -0.05) is 30.7 Å². The fraction of sp³-hybridized carbons (Fsp3) is 0.579. The van der Waals surface area contributed by atoms with Crippen LogP contribution < -0.4 is 0 Å². The van der Waals surface area contributed by atoms with E-state index in [2.05, 4.69) is 6.07 Å². The number of ketones is 1. The van der Waals surface area contributed by atoms with Crippen molar-refractivity contribution in [2.75, 3.05) is 0 Å². The van der Waals surface area contributed by atoms with Gasteiger partial charge < -0.3 is 0 Å².